The molecule has 1 heterocycles. The van der Waals surface area contributed by atoms with Crippen molar-refractivity contribution < 1.29 is 4.79 Å². The number of carbonyl (C=O) groups is 1. The molecule has 0 spiro atoms. The summed E-state index contributed by atoms with van der Waals surface area (Å²) in [5, 5.41) is 4.64. The molecule has 0 aromatic carbocycles. The Balaban J connectivity index is 2.43. The Morgan fingerprint density at radius 1 is 1.69 bits per heavy atom. The first kappa shape index (κ1) is 13.0. The SMILES string of the molecule is CCC(N)(CCCn1cc(Cl)cn1)C(N)=O. The second-order valence-corrected chi connectivity index (χ2v) is 4.34. The number of halogens is 1. The van der Waals surface area contributed by atoms with Crippen LogP contribution >= 0.6 is 11.6 Å². The van der Waals surface area contributed by atoms with E-state index in [4.69, 9.17) is 23.1 Å². The second-order valence-electron chi connectivity index (χ2n) is 3.90. The average molecular weight is 245 g/mol. The van der Waals surface area contributed by atoms with E-state index >= 15 is 0 Å². The Morgan fingerprint density at radius 2 is 2.38 bits per heavy atom. The molecule has 0 radical (unpaired) electrons. The summed E-state index contributed by atoms with van der Waals surface area (Å²) in [5.41, 5.74) is 10.2. The Bertz CT molecular complexity index is 365. The maximum Gasteiger partial charge on any atom is 0.237 e. The lowest BCUT2D eigenvalue weighted by atomic mass is 9.91. The highest BCUT2D eigenvalue weighted by Crippen LogP contribution is 2.14. The first-order valence-corrected chi connectivity index (χ1v) is 5.62. The van der Waals surface area contributed by atoms with Crippen molar-refractivity contribution in [1.29, 1.82) is 0 Å². The van der Waals surface area contributed by atoms with Crippen LogP contribution in [-0.2, 0) is 11.3 Å². The van der Waals surface area contributed by atoms with Gasteiger partial charge in [-0.2, -0.15) is 5.10 Å². The summed E-state index contributed by atoms with van der Waals surface area (Å²) in [6.45, 7) is 2.54. The Hall–Kier alpha value is -1.07. The van der Waals surface area contributed by atoms with Crippen molar-refractivity contribution in [1.82, 2.24) is 9.78 Å². The molecule has 4 N–H and O–H groups in total. The molecule has 0 aliphatic rings. The second kappa shape index (κ2) is 5.32. The lowest BCUT2D eigenvalue weighted by molar-refractivity contribution is -0.123. The van der Waals surface area contributed by atoms with E-state index in [1.165, 1.54) is 0 Å². The van der Waals surface area contributed by atoms with E-state index in [2.05, 4.69) is 5.10 Å². The van der Waals surface area contributed by atoms with Crippen LogP contribution < -0.4 is 11.5 Å². The van der Waals surface area contributed by atoms with Gasteiger partial charge in [-0.1, -0.05) is 18.5 Å². The molecule has 6 heteroatoms. The quantitative estimate of drug-likeness (QED) is 0.780. The molecule has 16 heavy (non-hydrogen) atoms. The lowest BCUT2D eigenvalue weighted by Gasteiger charge is -2.23. The fourth-order valence-corrected chi connectivity index (χ4v) is 1.65. The van der Waals surface area contributed by atoms with Gasteiger partial charge in [-0.15, -0.1) is 0 Å². The zero-order valence-corrected chi connectivity index (χ0v) is 10.1. The third-order valence-corrected chi connectivity index (χ3v) is 2.93. The normalized spacial score (nSPS) is 14.7. The number of aromatic nitrogens is 2. The van der Waals surface area contributed by atoms with Gasteiger partial charge < -0.3 is 11.5 Å². The first-order chi connectivity index (χ1) is 7.48. The van der Waals surface area contributed by atoms with Crippen molar-refractivity contribution in [3.8, 4) is 0 Å². The van der Waals surface area contributed by atoms with Crippen LogP contribution in [0.15, 0.2) is 12.4 Å². The van der Waals surface area contributed by atoms with Gasteiger partial charge in [0, 0.05) is 12.7 Å². The predicted molar refractivity (Wildman–Crippen MR) is 62.9 cm³/mol. The van der Waals surface area contributed by atoms with Crippen molar-refractivity contribution in [2.24, 2.45) is 11.5 Å². The van der Waals surface area contributed by atoms with Gasteiger partial charge in [0.2, 0.25) is 5.91 Å². The highest BCUT2D eigenvalue weighted by molar-refractivity contribution is 6.30. The largest absolute Gasteiger partial charge is 0.368 e. The number of rotatable bonds is 6. The predicted octanol–water partition coefficient (Wildman–Crippen LogP) is 0.909. The molecule has 1 rings (SSSR count). The van der Waals surface area contributed by atoms with Crippen molar-refractivity contribution in [2.45, 2.75) is 38.3 Å². The average Bonchev–Trinajstić information content (AvgIpc) is 2.63. The van der Waals surface area contributed by atoms with Gasteiger partial charge in [0.25, 0.3) is 0 Å². The van der Waals surface area contributed by atoms with E-state index in [-0.39, 0.29) is 0 Å². The molecule has 0 fully saturated rings. The number of hydrogen-bond donors (Lipinski definition) is 2. The van der Waals surface area contributed by atoms with Crippen LogP contribution in [0, 0.1) is 0 Å². The monoisotopic (exact) mass is 244 g/mol. The van der Waals surface area contributed by atoms with Gasteiger partial charge in [-0.25, -0.2) is 0 Å². The molecule has 1 atom stereocenters. The van der Waals surface area contributed by atoms with Gasteiger partial charge in [0.15, 0.2) is 0 Å². The molecule has 0 bridgehead atoms. The van der Waals surface area contributed by atoms with E-state index in [0.29, 0.717) is 24.4 Å². The fraction of sp³-hybridized carbons (Fsp3) is 0.600. The lowest BCUT2D eigenvalue weighted by Crippen LogP contribution is -2.51. The van der Waals surface area contributed by atoms with Crippen LogP contribution in [-0.4, -0.2) is 21.2 Å². The summed E-state index contributed by atoms with van der Waals surface area (Å²) in [6, 6.07) is 0. The summed E-state index contributed by atoms with van der Waals surface area (Å²) in [7, 11) is 0. The molecule has 5 nitrogen and oxygen atoms in total. The Morgan fingerprint density at radius 3 is 2.81 bits per heavy atom. The Labute approximate surface area is 99.7 Å². The maximum atomic E-state index is 11.2. The molecular weight excluding hydrogens is 228 g/mol. The van der Waals surface area contributed by atoms with Crippen LogP contribution in [0.25, 0.3) is 0 Å². The minimum absolute atomic E-state index is 0.450. The molecule has 0 aliphatic heterocycles. The molecule has 1 amide bonds. The number of hydrogen-bond acceptors (Lipinski definition) is 3. The first-order valence-electron chi connectivity index (χ1n) is 5.24. The van der Waals surface area contributed by atoms with Gasteiger partial charge in [-0.3, -0.25) is 9.48 Å². The number of amides is 1. The summed E-state index contributed by atoms with van der Waals surface area (Å²) in [6.07, 6.45) is 5.14. The third-order valence-electron chi connectivity index (χ3n) is 2.73. The van der Waals surface area contributed by atoms with Crippen LogP contribution in [0.2, 0.25) is 5.02 Å². The third kappa shape index (κ3) is 3.21. The summed E-state index contributed by atoms with van der Waals surface area (Å²) in [5.74, 6) is -0.450. The van der Waals surface area contributed by atoms with E-state index in [0.717, 1.165) is 6.42 Å². The van der Waals surface area contributed by atoms with Gasteiger partial charge in [0.05, 0.1) is 16.8 Å². The summed E-state index contributed by atoms with van der Waals surface area (Å²) in [4.78, 5) is 11.2. The van der Waals surface area contributed by atoms with Crippen molar-refractivity contribution in [2.75, 3.05) is 0 Å². The van der Waals surface area contributed by atoms with Gasteiger partial charge in [0.1, 0.15) is 0 Å². The van der Waals surface area contributed by atoms with Crippen LogP contribution in [0.5, 0.6) is 0 Å². The highest BCUT2D eigenvalue weighted by atomic mass is 35.5. The molecule has 0 saturated heterocycles. The van der Waals surface area contributed by atoms with E-state index < -0.39 is 11.4 Å². The van der Waals surface area contributed by atoms with E-state index in [1.807, 2.05) is 6.92 Å². The van der Waals surface area contributed by atoms with Crippen LogP contribution in [0.4, 0.5) is 0 Å². The van der Waals surface area contributed by atoms with Crippen molar-refractivity contribution in [3.05, 3.63) is 17.4 Å². The summed E-state index contributed by atoms with van der Waals surface area (Å²) >= 11 is 5.72. The highest BCUT2D eigenvalue weighted by Gasteiger charge is 2.28. The fourth-order valence-electron chi connectivity index (χ4n) is 1.49. The topological polar surface area (TPSA) is 86.9 Å². The van der Waals surface area contributed by atoms with Crippen molar-refractivity contribution in [3.63, 3.8) is 0 Å². The molecule has 0 saturated carbocycles. The van der Waals surface area contributed by atoms with Crippen LogP contribution in [0.1, 0.15) is 26.2 Å². The maximum absolute atomic E-state index is 11.2. The number of nitrogens with zero attached hydrogens (tertiary/aromatic N) is 2. The smallest absolute Gasteiger partial charge is 0.237 e. The molecule has 90 valence electrons. The standard InChI is InChI=1S/C10H17ClN4O/c1-2-10(13,9(12)16)4-3-5-15-7-8(11)6-14-15/h6-7H,2-5,13H2,1H3,(H2,12,16). The van der Waals surface area contributed by atoms with Crippen LogP contribution in [0.3, 0.4) is 0 Å². The zero-order valence-electron chi connectivity index (χ0n) is 9.32. The number of aryl methyl sites for hydroxylation is 1. The number of carbonyl (C=O) groups excluding carboxylic acids is 1. The van der Waals surface area contributed by atoms with E-state index in [9.17, 15) is 4.79 Å². The molecular formula is C10H17ClN4O. The molecule has 0 aliphatic carbocycles. The minimum Gasteiger partial charge on any atom is -0.368 e. The number of nitrogens with two attached hydrogens (primary N) is 2. The van der Waals surface area contributed by atoms with Crippen molar-refractivity contribution >= 4 is 17.5 Å². The minimum atomic E-state index is -0.906. The molecule has 1 aromatic heterocycles. The summed E-state index contributed by atoms with van der Waals surface area (Å²) < 4.78 is 1.72. The molecule has 1 unspecified atom stereocenters. The zero-order chi connectivity index (χ0) is 12.2. The number of primary amides is 1. The molecule has 1 aromatic rings. The van der Waals surface area contributed by atoms with E-state index in [1.54, 1.807) is 17.1 Å². The van der Waals surface area contributed by atoms with Gasteiger partial charge in [-0.05, 0) is 19.3 Å². The Kier molecular flexibility index (Phi) is 4.32. The van der Waals surface area contributed by atoms with Gasteiger partial charge >= 0.3 is 0 Å².